The van der Waals surface area contributed by atoms with E-state index in [0.717, 1.165) is 63.6 Å². The van der Waals surface area contributed by atoms with E-state index >= 15 is 0 Å². The predicted octanol–water partition coefficient (Wildman–Crippen LogP) is 4.21. The minimum Gasteiger partial charge on any atom is -0.444 e. The molecule has 2 heterocycles. The van der Waals surface area contributed by atoms with E-state index in [1.807, 2.05) is 58.6 Å². The second-order valence-electron chi connectivity index (χ2n) is 11.0. The van der Waals surface area contributed by atoms with E-state index < -0.39 is 5.60 Å². The molecule has 2 fully saturated rings. The lowest BCUT2D eigenvalue weighted by Gasteiger charge is -2.39. The van der Waals surface area contributed by atoms with Gasteiger partial charge in [-0.15, -0.1) is 0 Å². The number of anilines is 2. The Morgan fingerprint density at radius 2 is 1.77 bits per heavy atom. The lowest BCUT2D eigenvalue weighted by atomic mass is 9.95. The summed E-state index contributed by atoms with van der Waals surface area (Å²) in [5.74, 6) is 0.305. The summed E-state index contributed by atoms with van der Waals surface area (Å²) < 4.78 is 11.1. The predicted molar refractivity (Wildman–Crippen MR) is 140 cm³/mol. The highest BCUT2D eigenvalue weighted by Gasteiger charge is 2.31. The lowest BCUT2D eigenvalue weighted by Crippen LogP contribution is -2.50. The minimum absolute atomic E-state index is 0.00219. The summed E-state index contributed by atoms with van der Waals surface area (Å²) in [5, 5.41) is 3.08. The first-order valence-corrected chi connectivity index (χ1v) is 13.0. The Kier molecular flexibility index (Phi) is 9.41. The van der Waals surface area contributed by atoms with Gasteiger partial charge in [0.05, 0.1) is 19.3 Å². The second-order valence-corrected chi connectivity index (χ2v) is 11.0. The molecule has 1 aromatic carbocycles. The number of hydrogen-bond donors (Lipinski definition) is 1. The van der Waals surface area contributed by atoms with Crippen LogP contribution >= 0.6 is 0 Å². The molecule has 1 N–H and O–H groups in total. The number of rotatable bonds is 7. The Balaban J connectivity index is 1.54. The van der Waals surface area contributed by atoms with Crippen molar-refractivity contribution in [2.24, 2.45) is 5.92 Å². The molecule has 35 heavy (non-hydrogen) atoms. The van der Waals surface area contributed by atoms with Crippen LogP contribution in [0.25, 0.3) is 0 Å². The number of nitrogens with zero attached hydrogens (tertiary/aromatic N) is 3. The second kappa shape index (κ2) is 12.1. The van der Waals surface area contributed by atoms with Crippen molar-refractivity contribution in [2.45, 2.75) is 72.1 Å². The number of likely N-dealkylation sites (tertiary alicyclic amines) is 1. The van der Waals surface area contributed by atoms with Crippen molar-refractivity contribution >= 4 is 23.4 Å². The van der Waals surface area contributed by atoms with Crippen molar-refractivity contribution < 1.29 is 19.1 Å². The van der Waals surface area contributed by atoms with Gasteiger partial charge in [0.15, 0.2) is 0 Å². The largest absolute Gasteiger partial charge is 0.444 e. The molecule has 2 aliphatic heterocycles. The van der Waals surface area contributed by atoms with Crippen LogP contribution in [0.3, 0.4) is 0 Å². The van der Waals surface area contributed by atoms with E-state index in [4.69, 9.17) is 9.47 Å². The third kappa shape index (κ3) is 8.10. The smallest absolute Gasteiger partial charge is 0.410 e. The Hall–Kier alpha value is -2.32. The van der Waals surface area contributed by atoms with Gasteiger partial charge >= 0.3 is 6.09 Å². The third-order valence-corrected chi connectivity index (χ3v) is 6.69. The quantitative estimate of drug-likeness (QED) is 0.620. The van der Waals surface area contributed by atoms with Gasteiger partial charge in [0, 0.05) is 43.6 Å². The highest BCUT2D eigenvalue weighted by atomic mass is 16.6. The maximum atomic E-state index is 13.0. The summed E-state index contributed by atoms with van der Waals surface area (Å²) in [6.07, 6.45) is 1.78. The SMILES string of the molecule is CC(C)N(C[C@@H]1CCCN([C@H](C)C(=O)Nc2ccc(N3CCOCC3)cc2)C1)C(=O)OC(C)(C)C. The normalized spacial score (nSPS) is 20.4. The van der Waals surface area contributed by atoms with Crippen molar-refractivity contribution in [3.05, 3.63) is 24.3 Å². The van der Waals surface area contributed by atoms with Crippen molar-refractivity contribution in [1.29, 1.82) is 0 Å². The molecule has 0 aromatic heterocycles. The van der Waals surface area contributed by atoms with E-state index in [9.17, 15) is 9.59 Å². The summed E-state index contributed by atoms with van der Waals surface area (Å²) in [7, 11) is 0. The van der Waals surface area contributed by atoms with E-state index in [2.05, 4.69) is 27.2 Å². The van der Waals surface area contributed by atoms with E-state index in [1.165, 1.54) is 0 Å². The molecular formula is C27H44N4O4. The van der Waals surface area contributed by atoms with Crippen LogP contribution in [0, 0.1) is 5.92 Å². The highest BCUT2D eigenvalue weighted by Crippen LogP contribution is 2.23. The number of piperidine rings is 1. The zero-order valence-electron chi connectivity index (χ0n) is 22.4. The van der Waals surface area contributed by atoms with Crippen LogP contribution in [0.5, 0.6) is 0 Å². The number of morpholine rings is 1. The Morgan fingerprint density at radius 1 is 1.11 bits per heavy atom. The maximum Gasteiger partial charge on any atom is 0.410 e. The standard InChI is InChI=1S/C27H44N4O4/c1-20(2)31(26(33)35-27(4,5)6)19-22-8-7-13-30(18-22)21(3)25(32)28-23-9-11-24(12-10-23)29-14-16-34-17-15-29/h9-12,20-22H,7-8,13-19H2,1-6H3,(H,28,32)/t21-,22-/m1/s1. The molecule has 2 saturated heterocycles. The number of hydrogen-bond acceptors (Lipinski definition) is 6. The minimum atomic E-state index is -0.518. The molecule has 196 valence electrons. The molecule has 0 bridgehead atoms. The van der Waals surface area contributed by atoms with Gasteiger partial charge in [-0.2, -0.15) is 0 Å². The summed E-state index contributed by atoms with van der Waals surface area (Å²) in [6, 6.07) is 7.86. The Labute approximate surface area is 210 Å². The molecule has 8 nitrogen and oxygen atoms in total. The molecule has 3 rings (SSSR count). The first-order chi connectivity index (χ1) is 16.5. The van der Waals surface area contributed by atoms with Gasteiger partial charge in [0.2, 0.25) is 5.91 Å². The highest BCUT2D eigenvalue weighted by molar-refractivity contribution is 5.94. The molecule has 2 aliphatic rings. The fourth-order valence-corrected chi connectivity index (χ4v) is 4.68. The van der Waals surface area contributed by atoms with Crippen LogP contribution in [0.4, 0.5) is 16.2 Å². The molecule has 0 aliphatic carbocycles. The molecule has 0 radical (unpaired) electrons. The van der Waals surface area contributed by atoms with Gasteiger partial charge in [-0.05, 0) is 91.1 Å². The van der Waals surface area contributed by atoms with Crippen molar-refractivity contribution in [1.82, 2.24) is 9.80 Å². The summed E-state index contributed by atoms with van der Waals surface area (Å²) in [5.41, 5.74) is 1.44. The van der Waals surface area contributed by atoms with Gasteiger partial charge in [0.1, 0.15) is 5.60 Å². The molecule has 8 heteroatoms. The summed E-state index contributed by atoms with van der Waals surface area (Å²) in [4.78, 5) is 32.1. The van der Waals surface area contributed by atoms with Crippen LogP contribution in [-0.4, -0.2) is 85.4 Å². The topological polar surface area (TPSA) is 74.4 Å². The van der Waals surface area contributed by atoms with E-state index in [1.54, 1.807) is 0 Å². The Bertz CT molecular complexity index is 831. The molecule has 1 aromatic rings. The van der Waals surface area contributed by atoms with Crippen LogP contribution in [0.2, 0.25) is 0 Å². The molecule has 0 saturated carbocycles. The van der Waals surface area contributed by atoms with E-state index in [-0.39, 0.29) is 24.1 Å². The number of benzene rings is 1. The zero-order valence-corrected chi connectivity index (χ0v) is 22.4. The van der Waals surface area contributed by atoms with E-state index in [0.29, 0.717) is 12.5 Å². The van der Waals surface area contributed by atoms with Crippen LogP contribution in [0.15, 0.2) is 24.3 Å². The number of nitrogens with one attached hydrogen (secondary N) is 1. The van der Waals surface area contributed by atoms with Crippen LogP contribution in [-0.2, 0) is 14.3 Å². The maximum absolute atomic E-state index is 13.0. The molecule has 0 unspecified atom stereocenters. The molecular weight excluding hydrogens is 444 g/mol. The lowest BCUT2D eigenvalue weighted by molar-refractivity contribution is -0.121. The number of amides is 2. The van der Waals surface area contributed by atoms with Crippen molar-refractivity contribution in [3.63, 3.8) is 0 Å². The molecule has 2 amide bonds. The first-order valence-electron chi connectivity index (χ1n) is 13.0. The average Bonchev–Trinajstić information content (AvgIpc) is 2.82. The molecule has 0 spiro atoms. The van der Waals surface area contributed by atoms with Gasteiger partial charge in [-0.25, -0.2) is 4.79 Å². The van der Waals surface area contributed by atoms with Gasteiger partial charge in [0.25, 0.3) is 0 Å². The van der Waals surface area contributed by atoms with Crippen molar-refractivity contribution in [3.8, 4) is 0 Å². The zero-order chi connectivity index (χ0) is 25.6. The van der Waals surface area contributed by atoms with Gasteiger partial charge < -0.3 is 24.6 Å². The van der Waals surface area contributed by atoms with Crippen LogP contribution < -0.4 is 10.2 Å². The molecule has 2 atom stereocenters. The van der Waals surface area contributed by atoms with Crippen LogP contribution in [0.1, 0.15) is 54.4 Å². The Morgan fingerprint density at radius 3 is 2.37 bits per heavy atom. The number of carbonyl (C=O) groups is 2. The first kappa shape index (κ1) is 27.3. The third-order valence-electron chi connectivity index (χ3n) is 6.69. The summed E-state index contributed by atoms with van der Waals surface area (Å²) >= 11 is 0. The van der Waals surface area contributed by atoms with Gasteiger partial charge in [-0.3, -0.25) is 9.69 Å². The average molecular weight is 489 g/mol. The number of ether oxygens (including phenoxy) is 2. The fourth-order valence-electron chi connectivity index (χ4n) is 4.68. The van der Waals surface area contributed by atoms with Crippen molar-refractivity contribution in [2.75, 3.05) is 56.2 Å². The monoisotopic (exact) mass is 488 g/mol. The fraction of sp³-hybridized carbons (Fsp3) is 0.704. The number of carbonyl (C=O) groups excluding carboxylic acids is 2. The van der Waals surface area contributed by atoms with Gasteiger partial charge in [-0.1, -0.05) is 0 Å². The summed E-state index contributed by atoms with van der Waals surface area (Å²) in [6.45, 7) is 17.3.